The van der Waals surface area contributed by atoms with Gasteiger partial charge in [0.2, 0.25) is 5.91 Å². The van der Waals surface area contributed by atoms with Gasteiger partial charge in [0.15, 0.2) is 0 Å². The van der Waals surface area contributed by atoms with Crippen LogP contribution in [0, 0.1) is 5.82 Å². The highest BCUT2D eigenvalue weighted by Crippen LogP contribution is 2.19. The van der Waals surface area contributed by atoms with E-state index in [-0.39, 0.29) is 11.6 Å². The van der Waals surface area contributed by atoms with Crippen LogP contribution in [-0.2, 0) is 4.79 Å². The summed E-state index contributed by atoms with van der Waals surface area (Å²) in [6, 6.07) is 7.87. The summed E-state index contributed by atoms with van der Waals surface area (Å²) in [6.45, 7) is 0. The van der Waals surface area contributed by atoms with E-state index in [1.54, 1.807) is 6.08 Å². The monoisotopic (exact) mass is 281 g/mol. The van der Waals surface area contributed by atoms with Crippen molar-refractivity contribution in [2.75, 3.05) is 5.32 Å². The molecule has 0 aliphatic heterocycles. The Kier molecular flexibility index (Phi) is 4.12. The first-order chi connectivity index (χ1) is 8.65. The lowest BCUT2D eigenvalue weighted by molar-refractivity contribution is -0.111. The van der Waals surface area contributed by atoms with Gasteiger partial charge in [-0.15, -0.1) is 11.3 Å². The Morgan fingerprint density at radius 2 is 2.22 bits per heavy atom. The lowest BCUT2D eigenvalue weighted by Crippen LogP contribution is -2.09. The molecule has 0 atom stereocenters. The summed E-state index contributed by atoms with van der Waals surface area (Å²) in [5.74, 6) is -0.940. The number of nitrogens with one attached hydrogen (secondary N) is 1. The number of amides is 1. The molecule has 0 fully saturated rings. The molecule has 0 saturated heterocycles. The number of benzene rings is 1. The molecule has 1 amide bonds. The number of rotatable bonds is 3. The molecule has 1 aromatic heterocycles. The van der Waals surface area contributed by atoms with Crippen LogP contribution in [0.5, 0.6) is 0 Å². The quantitative estimate of drug-likeness (QED) is 0.840. The number of carbonyl (C=O) groups is 1. The van der Waals surface area contributed by atoms with E-state index < -0.39 is 5.82 Å². The smallest absolute Gasteiger partial charge is 0.248 e. The normalized spacial score (nSPS) is 10.8. The molecule has 1 heterocycles. The summed E-state index contributed by atoms with van der Waals surface area (Å²) in [6.07, 6.45) is 3.04. The van der Waals surface area contributed by atoms with Gasteiger partial charge in [-0.2, -0.15) is 0 Å². The maximum Gasteiger partial charge on any atom is 0.248 e. The predicted octanol–water partition coefficient (Wildman–Crippen LogP) is 4.19. The van der Waals surface area contributed by atoms with Gasteiger partial charge in [-0.05, 0) is 35.7 Å². The van der Waals surface area contributed by atoms with Gasteiger partial charge in [-0.1, -0.05) is 17.7 Å². The zero-order chi connectivity index (χ0) is 13.0. The second-order valence-electron chi connectivity index (χ2n) is 3.46. The van der Waals surface area contributed by atoms with Gasteiger partial charge in [-0.3, -0.25) is 4.79 Å². The summed E-state index contributed by atoms with van der Waals surface area (Å²) in [5, 5.41) is 4.65. The predicted molar refractivity (Wildman–Crippen MR) is 73.4 cm³/mol. The van der Waals surface area contributed by atoms with Crippen molar-refractivity contribution in [1.29, 1.82) is 0 Å². The zero-order valence-corrected chi connectivity index (χ0v) is 10.8. The van der Waals surface area contributed by atoms with E-state index in [2.05, 4.69) is 5.32 Å². The molecular formula is C13H9ClFNOS. The van der Waals surface area contributed by atoms with Crippen LogP contribution in [0.4, 0.5) is 10.1 Å². The van der Waals surface area contributed by atoms with Crippen molar-refractivity contribution < 1.29 is 9.18 Å². The molecule has 0 aliphatic carbocycles. The van der Waals surface area contributed by atoms with Gasteiger partial charge >= 0.3 is 0 Å². The van der Waals surface area contributed by atoms with Gasteiger partial charge in [0.05, 0.1) is 5.69 Å². The van der Waals surface area contributed by atoms with Crippen LogP contribution in [0.3, 0.4) is 0 Å². The summed E-state index contributed by atoms with van der Waals surface area (Å²) in [5.41, 5.74) is 0.111. The number of carbonyl (C=O) groups excluding carboxylic acids is 1. The lowest BCUT2D eigenvalue weighted by Gasteiger charge is -2.03. The van der Waals surface area contributed by atoms with Gasteiger partial charge in [0.1, 0.15) is 5.82 Å². The molecule has 92 valence electrons. The Hall–Kier alpha value is -1.65. The summed E-state index contributed by atoms with van der Waals surface area (Å²) in [4.78, 5) is 12.5. The fraction of sp³-hybridized carbons (Fsp3) is 0. The van der Waals surface area contributed by atoms with E-state index in [0.29, 0.717) is 5.02 Å². The minimum atomic E-state index is -0.555. The molecule has 0 saturated carbocycles. The fourth-order valence-corrected chi connectivity index (χ4v) is 2.09. The van der Waals surface area contributed by atoms with E-state index in [1.165, 1.54) is 29.5 Å². The fourth-order valence-electron chi connectivity index (χ4n) is 1.31. The first-order valence-electron chi connectivity index (χ1n) is 5.13. The van der Waals surface area contributed by atoms with Gasteiger partial charge in [0.25, 0.3) is 0 Å². The van der Waals surface area contributed by atoms with Crippen molar-refractivity contribution >= 4 is 40.6 Å². The molecule has 2 nitrogen and oxygen atoms in total. The molecule has 1 N–H and O–H groups in total. The van der Waals surface area contributed by atoms with E-state index >= 15 is 0 Å². The topological polar surface area (TPSA) is 29.1 Å². The van der Waals surface area contributed by atoms with E-state index in [1.807, 2.05) is 17.5 Å². The van der Waals surface area contributed by atoms with Crippen LogP contribution in [0.25, 0.3) is 6.08 Å². The Bertz CT molecular complexity index is 581. The number of hydrogen-bond acceptors (Lipinski definition) is 2. The first kappa shape index (κ1) is 12.8. The molecule has 5 heteroatoms. The van der Waals surface area contributed by atoms with Crippen molar-refractivity contribution in [2.45, 2.75) is 0 Å². The molecule has 0 aliphatic rings. The SMILES string of the molecule is O=C(C=Cc1cccs1)Nc1ccc(Cl)cc1F. The maximum atomic E-state index is 13.4. The highest BCUT2D eigenvalue weighted by molar-refractivity contribution is 7.10. The second kappa shape index (κ2) is 5.80. The molecule has 18 heavy (non-hydrogen) atoms. The summed E-state index contributed by atoms with van der Waals surface area (Å²) >= 11 is 7.13. The third-order valence-electron chi connectivity index (χ3n) is 2.13. The number of anilines is 1. The van der Waals surface area contributed by atoms with Crippen LogP contribution < -0.4 is 5.32 Å². The van der Waals surface area contributed by atoms with Crippen molar-refractivity contribution in [3.63, 3.8) is 0 Å². The minimum Gasteiger partial charge on any atom is -0.320 e. The highest BCUT2D eigenvalue weighted by Gasteiger charge is 2.04. The summed E-state index contributed by atoms with van der Waals surface area (Å²) in [7, 11) is 0. The molecule has 1 aromatic carbocycles. The average molecular weight is 282 g/mol. The Morgan fingerprint density at radius 3 is 2.89 bits per heavy atom. The number of hydrogen-bond donors (Lipinski definition) is 1. The average Bonchev–Trinajstić information content (AvgIpc) is 2.83. The van der Waals surface area contributed by atoms with Crippen LogP contribution in [0.2, 0.25) is 5.02 Å². The van der Waals surface area contributed by atoms with Gasteiger partial charge < -0.3 is 5.32 Å². The van der Waals surface area contributed by atoms with Crippen LogP contribution in [0.1, 0.15) is 4.88 Å². The van der Waals surface area contributed by atoms with Crippen molar-refractivity contribution in [3.05, 3.63) is 57.5 Å². The molecule has 0 bridgehead atoms. The number of thiophene rings is 1. The van der Waals surface area contributed by atoms with Gasteiger partial charge in [-0.25, -0.2) is 4.39 Å². The third kappa shape index (κ3) is 3.42. The van der Waals surface area contributed by atoms with Crippen molar-refractivity contribution in [1.82, 2.24) is 0 Å². The molecule has 0 unspecified atom stereocenters. The summed E-state index contributed by atoms with van der Waals surface area (Å²) < 4.78 is 13.4. The maximum absolute atomic E-state index is 13.4. The second-order valence-corrected chi connectivity index (χ2v) is 4.88. The van der Waals surface area contributed by atoms with Crippen LogP contribution >= 0.6 is 22.9 Å². The van der Waals surface area contributed by atoms with E-state index in [4.69, 9.17) is 11.6 Å². The first-order valence-corrected chi connectivity index (χ1v) is 6.38. The standard InChI is InChI=1S/C13H9ClFNOS/c14-9-3-5-12(11(15)8-9)16-13(17)6-4-10-2-1-7-18-10/h1-8H,(H,16,17). The van der Waals surface area contributed by atoms with Gasteiger partial charge in [0, 0.05) is 16.0 Å². The Morgan fingerprint density at radius 1 is 1.39 bits per heavy atom. The van der Waals surface area contributed by atoms with E-state index in [0.717, 1.165) is 10.9 Å². The molecule has 2 aromatic rings. The van der Waals surface area contributed by atoms with Crippen molar-refractivity contribution in [3.8, 4) is 0 Å². The van der Waals surface area contributed by atoms with Crippen molar-refractivity contribution in [2.24, 2.45) is 0 Å². The van der Waals surface area contributed by atoms with Crippen LogP contribution in [-0.4, -0.2) is 5.91 Å². The molecule has 0 radical (unpaired) electrons. The minimum absolute atomic E-state index is 0.111. The molecular weight excluding hydrogens is 273 g/mol. The highest BCUT2D eigenvalue weighted by atomic mass is 35.5. The Labute approximate surface area is 113 Å². The Balaban J connectivity index is 2.03. The van der Waals surface area contributed by atoms with Crippen LogP contribution in [0.15, 0.2) is 41.8 Å². The lowest BCUT2D eigenvalue weighted by atomic mass is 10.3. The molecule has 2 rings (SSSR count). The largest absolute Gasteiger partial charge is 0.320 e. The number of halogens is 2. The third-order valence-corrected chi connectivity index (χ3v) is 3.20. The zero-order valence-electron chi connectivity index (χ0n) is 9.19. The van der Waals surface area contributed by atoms with E-state index in [9.17, 15) is 9.18 Å². The molecule has 0 spiro atoms.